The molecule has 1 aliphatic rings. The number of ether oxygens (including phenoxy) is 2. The van der Waals surface area contributed by atoms with E-state index in [-0.39, 0.29) is 0 Å². The first-order valence-electron chi connectivity index (χ1n) is 5.95. The van der Waals surface area contributed by atoms with Crippen molar-refractivity contribution in [1.82, 2.24) is 5.32 Å². The van der Waals surface area contributed by atoms with E-state index in [0.29, 0.717) is 0 Å². The second-order valence-corrected chi connectivity index (χ2v) is 4.05. The molecule has 0 bridgehead atoms. The molecule has 1 saturated heterocycles. The number of hydrogen-bond acceptors (Lipinski definition) is 3. The van der Waals surface area contributed by atoms with E-state index in [4.69, 9.17) is 9.47 Å². The van der Waals surface area contributed by atoms with Gasteiger partial charge in [-0.25, -0.2) is 5.32 Å². The number of nitrogens with zero attached hydrogens (tertiary/aromatic N) is 2. The van der Waals surface area contributed by atoms with E-state index in [1.807, 2.05) is 12.1 Å². The predicted octanol–water partition coefficient (Wildman–Crippen LogP) is 1.52. The molecule has 1 heterocycles. The Morgan fingerprint density at radius 3 is 2.76 bits per heavy atom. The molecule has 0 N–H and O–H groups in total. The predicted molar refractivity (Wildman–Crippen MR) is 68.2 cm³/mol. The largest absolute Gasteiger partial charge is 0.497 e. The topological polar surface area (TPSA) is 35.8 Å². The average Bonchev–Trinajstić information content (AvgIpc) is 2.66. The Kier molecular flexibility index (Phi) is 4.09. The molecule has 4 nitrogen and oxygen atoms in total. The highest BCUT2D eigenvalue weighted by Gasteiger charge is 2.14. The SMILES string of the molecule is COc1ccc(N2CCC[N]CC2)c(OC)c1. The molecule has 93 valence electrons. The van der Waals surface area contributed by atoms with Crippen LogP contribution in [0, 0.1) is 0 Å². The Labute approximate surface area is 103 Å². The van der Waals surface area contributed by atoms with E-state index in [2.05, 4.69) is 16.3 Å². The summed E-state index contributed by atoms with van der Waals surface area (Å²) in [5, 5.41) is 4.43. The maximum atomic E-state index is 5.43. The fourth-order valence-electron chi connectivity index (χ4n) is 2.08. The fourth-order valence-corrected chi connectivity index (χ4v) is 2.08. The zero-order valence-corrected chi connectivity index (χ0v) is 10.5. The first-order valence-corrected chi connectivity index (χ1v) is 5.95. The number of anilines is 1. The Hall–Kier alpha value is -1.42. The highest BCUT2D eigenvalue weighted by Crippen LogP contribution is 2.32. The summed E-state index contributed by atoms with van der Waals surface area (Å²) in [6, 6.07) is 5.96. The fraction of sp³-hybridized carbons (Fsp3) is 0.538. The van der Waals surface area contributed by atoms with Crippen LogP contribution in [0.3, 0.4) is 0 Å². The van der Waals surface area contributed by atoms with Gasteiger partial charge in [-0.05, 0) is 18.6 Å². The maximum Gasteiger partial charge on any atom is 0.145 e. The van der Waals surface area contributed by atoms with Gasteiger partial charge >= 0.3 is 0 Å². The van der Waals surface area contributed by atoms with Gasteiger partial charge in [-0.2, -0.15) is 0 Å². The van der Waals surface area contributed by atoms with Gasteiger partial charge in [0.05, 0.1) is 19.9 Å². The first kappa shape index (κ1) is 12.0. The van der Waals surface area contributed by atoms with Crippen LogP contribution in [0.4, 0.5) is 5.69 Å². The third kappa shape index (κ3) is 2.82. The van der Waals surface area contributed by atoms with E-state index in [1.165, 1.54) is 0 Å². The molecule has 1 aromatic carbocycles. The Bertz CT molecular complexity index is 360. The molecule has 1 radical (unpaired) electrons. The van der Waals surface area contributed by atoms with Gasteiger partial charge in [0.2, 0.25) is 0 Å². The molecular formula is C13H19N2O2. The van der Waals surface area contributed by atoms with Crippen LogP contribution < -0.4 is 19.7 Å². The van der Waals surface area contributed by atoms with Crippen LogP contribution in [0.15, 0.2) is 18.2 Å². The molecule has 4 heteroatoms. The number of rotatable bonds is 3. The standard InChI is InChI=1S/C13H19N2O2/c1-16-11-4-5-12(13(10-11)17-2)15-8-3-6-14-7-9-15/h4-5,10H,3,6-9H2,1-2H3. The molecule has 2 rings (SSSR count). The van der Waals surface area contributed by atoms with Gasteiger partial charge in [-0.3, -0.25) is 0 Å². The lowest BCUT2D eigenvalue weighted by atomic mass is 10.2. The Balaban J connectivity index is 2.23. The molecule has 1 aromatic rings. The summed E-state index contributed by atoms with van der Waals surface area (Å²) in [7, 11) is 3.36. The normalized spacial score (nSPS) is 16.5. The summed E-state index contributed by atoms with van der Waals surface area (Å²) in [6.45, 7) is 3.86. The van der Waals surface area contributed by atoms with Crippen LogP contribution in [-0.2, 0) is 0 Å². The van der Waals surface area contributed by atoms with Crippen LogP contribution in [-0.4, -0.2) is 40.4 Å². The zero-order chi connectivity index (χ0) is 12.1. The zero-order valence-electron chi connectivity index (χ0n) is 10.5. The number of methoxy groups -OCH3 is 2. The van der Waals surface area contributed by atoms with Crippen LogP contribution in [0.1, 0.15) is 6.42 Å². The first-order chi connectivity index (χ1) is 8.35. The number of benzene rings is 1. The second kappa shape index (κ2) is 5.77. The maximum absolute atomic E-state index is 5.43. The number of hydrogen-bond donors (Lipinski definition) is 0. The van der Waals surface area contributed by atoms with Gasteiger partial charge < -0.3 is 14.4 Å². The summed E-state index contributed by atoms with van der Waals surface area (Å²) < 4.78 is 10.6. The molecule has 17 heavy (non-hydrogen) atoms. The lowest BCUT2D eigenvalue weighted by Crippen LogP contribution is -2.26. The van der Waals surface area contributed by atoms with Crippen molar-refractivity contribution in [2.24, 2.45) is 0 Å². The molecule has 0 spiro atoms. The van der Waals surface area contributed by atoms with Gasteiger partial charge in [-0.15, -0.1) is 0 Å². The van der Waals surface area contributed by atoms with Gasteiger partial charge in [0.25, 0.3) is 0 Å². The molecule has 1 aliphatic heterocycles. The van der Waals surface area contributed by atoms with Crippen LogP contribution in [0.25, 0.3) is 0 Å². The molecule has 0 aliphatic carbocycles. The molecule has 0 amide bonds. The van der Waals surface area contributed by atoms with Crippen LogP contribution in [0.2, 0.25) is 0 Å². The van der Waals surface area contributed by atoms with E-state index in [9.17, 15) is 0 Å². The van der Waals surface area contributed by atoms with Gasteiger partial charge in [0, 0.05) is 32.2 Å². The highest BCUT2D eigenvalue weighted by molar-refractivity contribution is 5.61. The van der Waals surface area contributed by atoms with Gasteiger partial charge in [-0.1, -0.05) is 0 Å². The Morgan fingerprint density at radius 2 is 2.00 bits per heavy atom. The molecular weight excluding hydrogens is 216 g/mol. The van der Waals surface area contributed by atoms with Crippen molar-refractivity contribution in [3.05, 3.63) is 18.2 Å². The van der Waals surface area contributed by atoms with Crippen molar-refractivity contribution in [2.75, 3.05) is 45.3 Å². The van der Waals surface area contributed by atoms with Crippen molar-refractivity contribution < 1.29 is 9.47 Å². The van der Waals surface area contributed by atoms with E-state index >= 15 is 0 Å². The van der Waals surface area contributed by atoms with E-state index < -0.39 is 0 Å². The second-order valence-electron chi connectivity index (χ2n) is 4.05. The summed E-state index contributed by atoms with van der Waals surface area (Å²) in [4.78, 5) is 2.33. The Morgan fingerprint density at radius 1 is 1.12 bits per heavy atom. The van der Waals surface area contributed by atoms with E-state index in [0.717, 1.165) is 49.8 Å². The summed E-state index contributed by atoms with van der Waals surface area (Å²) in [5.74, 6) is 1.69. The summed E-state index contributed by atoms with van der Waals surface area (Å²) in [6.07, 6.45) is 1.11. The van der Waals surface area contributed by atoms with E-state index in [1.54, 1.807) is 14.2 Å². The summed E-state index contributed by atoms with van der Waals surface area (Å²) >= 11 is 0. The molecule has 0 atom stereocenters. The molecule has 0 saturated carbocycles. The molecule has 0 aromatic heterocycles. The average molecular weight is 235 g/mol. The monoisotopic (exact) mass is 235 g/mol. The third-order valence-electron chi connectivity index (χ3n) is 3.00. The minimum atomic E-state index is 0.824. The summed E-state index contributed by atoms with van der Waals surface area (Å²) in [5.41, 5.74) is 1.13. The molecule has 1 fully saturated rings. The third-order valence-corrected chi connectivity index (χ3v) is 3.00. The van der Waals surface area contributed by atoms with Crippen LogP contribution >= 0.6 is 0 Å². The smallest absolute Gasteiger partial charge is 0.145 e. The minimum Gasteiger partial charge on any atom is -0.497 e. The van der Waals surface area contributed by atoms with Crippen molar-refractivity contribution in [3.8, 4) is 11.5 Å². The lowest BCUT2D eigenvalue weighted by Gasteiger charge is -2.24. The quantitative estimate of drug-likeness (QED) is 0.797. The van der Waals surface area contributed by atoms with Gasteiger partial charge in [0.1, 0.15) is 11.5 Å². The van der Waals surface area contributed by atoms with Crippen molar-refractivity contribution >= 4 is 5.69 Å². The lowest BCUT2D eigenvalue weighted by molar-refractivity contribution is 0.394. The van der Waals surface area contributed by atoms with Gasteiger partial charge in [0.15, 0.2) is 0 Å². The minimum absolute atomic E-state index is 0.824. The molecule has 0 unspecified atom stereocenters. The van der Waals surface area contributed by atoms with Crippen molar-refractivity contribution in [1.29, 1.82) is 0 Å². The highest BCUT2D eigenvalue weighted by atomic mass is 16.5. The van der Waals surface area contributed by atoms with Crippen LogP contribution in [0.5, 0.6) is 11.5 Å². The van der Waals surface area contributed by atoms with Crippen molar-refractivity contribution in [3.63, 3.8) is 0 Å². The van der Waals surface area contributed by atoms with Crippen molar-refractivity contribution in [2.45, 2.75) is 6.42 Å².